The number of ether oxygens (including phenoxy) is 8. The van der Waals surface area contributed by atoms with Gasteiger partial charge in [-0.05, 0) is 31.1 Å². The van der Waals surface area contributed by atoms with Gasteiger partial charge in [-0.2, -0.15) is 0 Å². The monoisotopic (exact) mass is 694 g/mol. The summed E-state index contributed by atoms with van der Waals surface area (Å²) in [5.41, 5.74) is -5.46. The summed E-state index contributed by atoms with van der Waals surface area (Å²) in [4.78, 5) is 77.9. The summed E-state index contributed by atoms with van der Waals surface area (Å²) in [6, 6.07) is 0. The van der Waals surface area contributed by atoms with E-state index >= 15 is 0 Å². The summed E-state index contributed by atoms with van der Waals surface area (Å²) >= 11 is 0. The highest BCUT2D eigenvalue weighted by Crippen LogP contribution is 2.63. The molecule has 1 saturated carbocycles. The van der Waals surface area contributed by atoms with Gasteiger partial charge in [0, 0.05) is 47.1 Å². The smallest absolute Gasteiger partial charge is 0.312 e. The van der Waals surface area contributed by atoms with Crippen LogP contribution in [0.1, 0.15) is 67.7 Å². The van der Waals surface area contributed by atoms with E-state index < -0.39 is 101 Å². The highest BCUT2D eigenvalue weighted by atomic mass is 16.7. The molecule has 0 radical (unpaired) electrons. The van der Waals surface area contributed by atoms with Gasteiger partial charge in [0.25, 0.3) is 0 Å². The van der Waals surface area contributed by atoms with E-state index in [1.807, 2.05) is 6.92 Å². The van der Waals surface area contributed by atoms with Gasteiger partial charge in [-0.3, -0.25) is 28.8 Å². The van der Waals surface area contributed by atoms with E-state index in [0.717, 1.165) is 27.7 Å². The lowest BCUT2D eigenvalue weighted by molar-refractivity contribution is -0.279. The molecule has 272 valence electrons. The zero-order valence-corrected chi connectivity index (χ0v) is 29.0. The van der Waals surface area contributed by atoms with Crippen molar-refractivity contribution in [3.63, 3.8) is 0 Å². The van der Waals surface area contributed by atoms with Gasteiger partial charge in [-0.25, -0.2) is 0 Å². The molecule has 0 bridgehead atoms. The number of hydrogen-bond donors (Lipinski definition) is 1. The van der Waals surface area contributed by atoms with Gasteiger partial charge in [0.1, 0.15) is 17.8 Å². The van der Waals surface area contributed by atoms with Crippen molar-refractivity contribution >= 4 is 35.8 Å². The summed E-state index contributed by atoms with van der Waals surface area (Å²) in [6.45, 7) is 9.08. The van der Waals surface area contributed by atoms with Crippen LogP contribution in [0.4, 0.5) is 0 Å². The number of hydrogen-bond acceptors (Lipinski definition) is 15. The molecule has 1 unspecified atom stereocenters. The van der Waals surface area contributed by atoms with Crippen LogP contribution in [-0.2, 0) is 66.7 Å². The Morgan fingerprint density at radius 1 is 0.918 bits per heavy atom. The average Bonchev–Trinajstić information content (AvgIpc) is 3.76. The van der Waals surface area contributed by atoms with Gasteiger partial charge in [0.2, 0.25) is 0 Å². The Morgan fingerprint density at radius 2 is 1.49 bits per heavy atom. The second kappa shape index (κ2) is 14.6. The summed E-state index contributed by atoms with van der Waals surface area (Å²) in [6.07, 6.45) is -3.56. The Labute approximate surface area is 284 Å². The molecule has 2 heterocycles. The van der Waals surface area contributed by atoms with Crippen LogP contribution < -0.4 is 0 Å². The molecule has 0 aromatic heterocycles. The molecule has 0 amide bonds. The van der Waals surface area contributed by atoms with Crippen LogP contribution in [0.15, 0.2) is 23.8 Å². The quantitative estimate of drug-likeness (QED) is 0.196. The maximum atomic E-state index is 13.3. The van der Waals surface area contributed by atoms with Crippen molar-refractivity contribution in [1.29, 1.82) is 0 Å². The topological polar surface area (TPSA) is 200 Å². The first-order valence-electron chi connectivity index (χ1n) is 16.3. The van der Waals surface area contributed by atoms with Crippen molar-refractivity contribution in [1.82, 2.24) is 0 Å². The average molecular weight is 695 g/mol. The van der Waals surface area contributed by atoms with Crippen LogP contribution in [-0.4, -0.2) is 109 Å². The molecule has 1 spiro atoms. The van der Waals surface area contributed by atoms with Crippen molar-refractivity contribution in [2.75, 3.05) is 20.3 Å². The van der Waals surface area contributed by atoms with E-state index in [4.69, 9.17) is 37.9 Å². The minimum Gasteiger partial charge on any atom is -0.459 e. The van der Waals surface area contributed by atoms with Crippen molar-refractivity contribution in [2.24, 2.45) is 17.3 Å². The first kappa shape index (κ1) is 38.0. The largest absolute Gasteiger partial charge is 0.459 e. The van der Waals surface area contributed by atoms with Gasteiger partial charge < -0.3 is 43.0 Å². The van der Waals surface area contributed by atoms with Crippen LogP contribution in [0.25, 0.3) is 0 Å². The molecule has 49 heavy (non-hydrogen) atoms. The third-order valence-corrected chi connectivity index (χ3v) is 9.82. The van der Waals surface area contributed by atoms with Gasteiger partial charge >= 0.3 is 35.8 Å². The molecule has 15 nitrogen and oxygen atoms in total. The molecule has 15 heteroatoms. The van der Waals surface area contributed by atoms with Gasteiger partial charge in [-0.1, -0.05) is 26.3 Å². The number of rotatable bonds is 10. The second-order valence-electron chi connectivity index (χ2n) is 13.3. The first-order valence-corrected chi connectivity index (χ1v) is 16.3. The Hall–Kier alpha value is -3.82. The van der Waals surface area contributed by atoms with Crippen molar-refractivity contribution < 1.29 is 71.8 Å². The second-order valence-corrected chi connectivity index (χ2v) is 13.3. The summed E-state index contributed by atoms with van der Waals surface area (Å²) in [5.74, 6) is -7.50. The van der Waals surface area contributed by atoms with E-state index in [2.05, 4.69) is 0 Å². The number of esters is 6. The van der Waals surface area contributed by atoms with Crippen LogP contribution in [0.5, 0.6) is 0 Å². The molecule has 2 saturated heterocycles. The number of fused-ring (bicyclic) bond motifs is 3. The highest BCUT2D eigenvalue weighted by molar-refractivity contribution is 5.78. The molecular formula is C34H46O15. The lowest BCUT2D eigenvalue weighted by Crippen LogP contribution is -2.76. The van der Waals surface area contributed by atoms with Gasteiger partial charge in [-0.15, -0.1) is 0 Å². The predicted molar refractivity (Wildman–Crippen MR) is 165 cm³/mol. The SMILES string of the molecule is CCCCC(=O)O[C@H]1[C@@H](OC(C)=O)[C@]2(CO2)[C@@H]2C(OC(C)=O)[C@]3(O)[C@H](/C=C(COC)\C=C\[C@H](OC(C)=O)[C@@]2(C)[C@H]1OC(C)=O)OC(=O)[C@@H]3C. The Bertz CT molecular complexity index is 1400. The number of carbonyl (C=O) groups is 6. The van der Waals surface area contributed by atoms with Crippen LogP contribution in [0.3, 0.4) is 0 Å². The third kappa shape index (κ3) is 7.11. The van der Waals surface area contributed by atoms with Crippen molar-refractivity contribution in [2.45, 2.75) is 116 Å². The molecule has 2 aliphatic heterocycles. The van der Waals surface area contributed by atoms with Gasteiger partial charge in [0.05, 0.1) is 24.5 Å². The van der Waals surface area contributed by atoms with Gasteiger partial charge in [0.15, 0.2) is 30.0 Å². The molecule has 0 aromatic rings. The highest BCUT2D eigenvalue weighted by Gasteiger charge is 2.81. The number of methoxy groups -OCH3 is 1. The normalized spacial score (nSPS) is 39.5. The Kier molecular flexibility index (Phi) is 11.3. The fourth-order valence-electron chi connectivity index (χ4n) is 7.61. The number of epoxide rings is 1. The van der Waals surface area contributed by atoms with Crippen LogP contribution >= 0.6 is 0 Å². The Morgan fingerprint density at radius 3 is 2.02 bits per heavy atom. The van der Waals surface area contributed by atoms with E-state index in [9.17, 15) is 33.9 Å². The van der Waals surface area contributed by atoms with Crippen LogP contribution in [0, 0.1) is 17.3 Å². The maximum Gasteiger partial charge on any atom is 0.312 e. The zero-order valence-electron chi connectivity index (χ0n) is 29.0. The third-order valence-electron chi connectivity index (χ3n) is 9.82. The van der Waals surface area contributed by atoms with E-state index in [0.29, 0.717) is 18.4 Å². The first-order chi connectivity index (χ1) is 23.0. The maximum absolute atomic E-state index is 13.3. The minimum absolute atomic E-state index is 0.0203. The molecule has 1 N–H and O–H groups in total. The molecule has 4 aliphatic rings. The summed E-state index contributed by atoms with van der Waals surface area (Å²) in [5, 5.41) is 12.8. The van der Waals surface area contributed by atoms with E-state index in [1.165, 1.54) is 32.3 Å². The number of carbonyl (C=O) groups excluding carboxylic acids is 6. The van der Waals surface area contributed by atoms with Crippen LogP contribution in [0.2, 0.25) is 0 Å². The van der Waals surface area contributed by atoms with E-state index in [1.54, 1.807) is 6.92 Å². The van der Waals surface area contributed by atoms with Crippen molar-refractivity contribution in [3.8, 4) is 0 Å². The lowest BCUT2D eigenvalue weighted by atomic mass is 9.51. The zero-order chi connectivity index (χ0) is 36.5. The number of aliphatic hydroxyl groups is 1. The predicted octanol–water partition coefficient (Wildman–Crippen LogP) is 1.66. The van der Waals surface area contributed by atoms with E-state index in [-0.39, 0.29) is 19.6 Å². The molecular weight excluding hydrogens is 648 g/mol. The molecule has 2 aliphatic carbocycles. The summed E-state index contributed by atoms with van der Waals surface area (Å²) in [7, 11) is 1.42. The molecule has 11 atom stereocenters. The minimum atomic E-state index is -2.33. The van der Waals surface area contributed by atoms with Crippen molar-refractivity contribution in [3.05, 3.63) is 23.8 Å². The number of unbranched alkanes of at least 4 members (excludes halogenated alkanes) is 1. The molecule has 3 fully saturated rings. The summed E-state index contributed by atoms with van der Waals surface area (Å²) < 4.78 is 46.9. The molecule has 0 aromatic carbocycles. The standard InChI is InChI=1S/C34H46O15/c1-9-10-11-25(39)49-26-28(45-19(4)36)32(7)23(44-18(3)35)13-12-22(15-42-8)14-24-34(41,17(2)31(40)48-24)30(47-21(6)38)27(32)33(16-43-33)29(26)46-20(5)37/h12-14,17,23-24,26-30,41H,9-11,15-16H2,1-8H3/b13-12+,22-14+/t17-,23-,24-,26+,27+,28-,29+,30?,32+,33-,34+/m0/s1. The lowest BCUT2D eigenvalue weighted by Gasteiger charge is -2.59. The molecule has 4 rings (SSSR count). The Balaban J connectivity index is 2.14. The fourth-order valence-corrected chi connectivity index (χ4v) is 7.61. The fraction of sp³-hybridized carbons (Fsp3) is 0.706.